The lowest BCUT2D eigenvalue weighted by Crippen LogP contribution is -2.30. The lowest BCUT2D eigenvalue weighted by atomic mass is 9.81. The molecule has 2 N–H and O–H groups in total. The molecule has 0 aromatic carbocycles. The van der Waals surface area contributed by atoms with E-state index in [1.165, 1.54) is 17.4 Å². The van der Waals surface area contributed by atoms with Gasteiger partial charge in [-0.25, -0.2) is 4.79 Å². The fourth-order valence-electron chi connectivity index (χ4n) is 2.59. The van der Waals surface area contributed by atoms with E-state index < -0.39 is 5.97 Å². The van der Waals surface area contributed by atoms with Crippen molar-refractivity contribution >= 4 is 28.2 Å². The number of carbonyl (C=O) groups excluding carboxylic acids is 1. The zero-order chi connectivity index (χ0) is 13.3. The Morgan fingerprint density at radius 2 is 2.22 bits per heavy atom. The van der Waals surface area contributed by atoms with Gasteiger partial charge in [0.25, 0.3) is 0 Å². The number of carboxylic acids is 1. The number of nitrogens with one attached hydrogen (secondary N) is 1. The van der Waals surface area contributed by atoms with Gasteiger partial charge in [0, 0.05) is 5.92 Å². The zero-order valence-corrected chi connectivity index (χ0v) is 11.3. The number of anilines is 1. The first-order chi connectivity index (χ1) is 8.42. The molecule has 2 rings (SSSR count). The number of amides is 1. The molecule has 1 amide bonds. The van der Waals surface area contributed by atoms with E-state index in [1.54, 1.807) is 5.38 Å². The summed E-state index contributed by atoms with van der Waals surface area (Å²) in [4.78, 5) is 23.2. The highest BCUT2D eigenvalue weighted by Gasteiger charge is 2.39. The Kier molecular flexibility index (Phi) is 3.43. The van der Waals surface area contributed by atoms with Crippen molar-refractivity contribution in [1.29, 1.82) is 0 Å². The average Bonchev–Trinajstić information content (AvgIpc) is 2.83. The highest BCUT2D eigenvalue weighted by atomic mass is 32.1. The molecule has 1 heterocycles. The van der Waals surface area contributed by atoms with Crippen molar-refractivity contribution < 1.29 is 14.7 Å². The Hall–Kier alpha value is -1.36. The summed E-state index contributed by atoms with van der Waals surface area (Å²) < 4.78 is 0. The van der Waals surface area contributed by atoms with Gasteiger partial charge in [-0.05, 0) is 29.7 Å². The molecule has 0 radical (unpaired) electrons. The van der Waals surface area contributed by atoms with E-state index in [0.717, 1.165) is 19.3 Å². The minimum Gasteiger partial charge on any atom is -0.478 e. The molecular formula is C13H17NO3S. The molecule has 1 aliphatic rings. The van der Waals surface area contributed by atoms with Crippen molar-refractivity contribution in [3.8, 4) is 0 Å². The van der Waals surface area contributed by atoms with Gasteiger partial charge >= 0.3 is 5.97 Å². The van der Waals surface area contributed by atoms with E-state index in [9.17, 15) is 9.59 Å². The standard InChI is InChI=1S/C13H17NO3S/c1-13(2)6-3-4-9(13)10(15)14-11-8(12(16)17)5-7-18-11/h5,7,9H,3-4,6H2,1-2H3,(H,14,15)(H,16,17). The predicted molar refractivity (Wildman–Crippen MR) is 71.0 cm³/mol. The van der Waals surface area contributed by atoms with Crippen LogP contribution in [0.1, 0.15) is 43.5 Å². The van der Waals surface area contributed by atoms with E-state index in [0.29, 0.717) is 5.00 Å². The quantitative estimate of drug-likeness (QED) is 0.883. The summed E-state index contributed by atoms with van der Waals surface area (Å²) in [6.45, 7) is 4.19. The maximum absolute atomic E-state index is 12.2. The summed E-state index contributed by atoms with van der Waals surface area (Å²) in [6.07, 6.45) is 2.98. The maximum atomic E-state index is 12.2. The van der Waals surface area contributed by atoms with Gasteiger partial charge in [-0.1, -0.05) is 20.3 Å². The topological polar surface area (TPSA) is 66.4 Å². The number of hydrogen-bond acceptors (Lipinski definition) is 3. The molecule has 0 spiro atoms. The number of aromatic carboxylic acids is 1. The SMILES string of the molecule is CC1(C)CCCC1C(=O)Nc1sccc1C(=O)O. The van der Waals surface area contributed by atoms with Crippen LogP contribution in [0, 0.1) is 11.3 Å². The van der Waals surface area contributed by atoms with E-state index in [2.05, 4.69) is 19.2 Å². The highest BCUT2D eigenvalue weighted by molar-refractivity contribution is 7.14. The smallest absolute Gasteiger partial charge is 0.338 e. The third-order valence-electron chi connectivity index (χ3n) is 3.71. The Bertz CT molecular complexity index is 478. The maximum Gasteiger partial charge on any atom is 0.338 e. The van der Waals surface area contributed by atoms with Crippen molar-refractivity contribution in [2.75, 3.05) is 5.32 Å². The molecule has 4 nitrogen and oxygen atoms in total. The Labute approximate surface area is 110 Å². The zero-order valence-electron chi connectivity index (χ0n) is 10.5. The summed E-state index contributed by atoms with van der Waals surface area (Å²) in [5.74, 6) is -1.08. The number of thiophene rings is 1. The summed E-state index contributed by atoms with van der Waals surface area (Å²) in [5, 5.41) is 13.9. The number of carbonyl (C=O) groups is 2. The molecule has 5 heteroatoms. The second-order valence-corrected chi connectivity index (χ2v) is 6.31. The normalized spacial score (nSPS) is 21.8. The molecule has 1 unspecified atom stereocenters. The molecule has 1 aliphatic carbocycles. The fraction of sp³-hybridized carbons (Fsp3) is 0.538. The van der Waals surface area contributed by atoms with Crippen molar-refractivity contribution in [2.24, 2.45) is 11.3 Å². The fourth-order valence-corrected chi connectivity index (χ4v) is 3.37. The largest absolute Gasteiger partial charge is 0.478 e. The number of rotatable bonds is 3. The molecule has 18 heavy (non-hydrogen) atoms. The molecule has 0 aliphatic heterocycles. The third kappa shape index (κ3) is 2.41. The monoisotopic (exact) mass is 267 g/mol. The summed E-state index contributed by atoms with van der Waals surface area (Å²) >= 11 is 1.25. The summed E-state index contributed by atoms with van der Waals surface area (Å²) in [7, 11) is 0. The predicted octanol–water partition coefficient (Wildman–Crippen LogP) is 3.21. The van der Waals surface area contributed by atoms with Crippen LogP contribution in [-0.2, 0) is 4.79 Å². The van der Waals surface area contributed by atoms with Crippen LogP contribution in [0.2, 0.25) is 0 Å². The van der Waals surface area contributed by atoms with Crippen molar-refractivity contribution in [2.45, 2.75) is 33.1 Å². The first-order valence-electron chi connectivity index (χ1n) is 6.03. The first kappa shape index (κ1) is 13.1. The lowest BCUT2D eigenvalue weighted by molar-refractivity contribution is -0.122. The molecule has 0 saturated heterocycles. The second kappa shape index (κ2) is 4.72. The van der Waals surface area contributed by atoms with Crippen LogP contribution >= 0.6 is 11.3 Å². The van der Waals surface area contributed by atoms with Crippen LogP contribution in [0.15, 0.2) is 11.4 Å². The van der Waals surface area contributed by atoms with Gasteiger partial charge < -0.3 is 10.4 Å². The van der Waals surface area contributed by atoms with Gasteiger partial charge in [0.2, 0.25) is 5.91 Å². The summed E-state index contributed by atoms with van der Waals surface area (Å²) in [5.41, 5.74) is 0.175. The van der Waals surface area contributed by atoms with Crippen molar-refractivity contribution in [3.63, 3.8) is 0 Å². The van der Waals surface area contributed by atoms with E-state index in [4.69, 9.17) is 5.11 Å². The lowest BCUT2D eigenvalue weighted by Gasteiger charge is -2.25. The van der Waals surface area contributed by atoms with Gasteiger partial charge in [-0.2, -0.15) is 0 Å². The molecule has 1 aromatic rings. The molecular weight excluding hydrogens is 250 g/mol. The highest BCUT2D eigenvalue weighted by Crippen LogP contribution is 2.43. The first-order valence-corrected chi connectivity index (χ1v) is 6.91. The van der Waals surface area contributed by atoms with E-state index in [1.807, 2.05) is 0 Å². The molecule has 98 valence electrons. The van der Waals surface area contributed by atoms with Gasteiger partial charge in [-0.15, -0.1) is 11.3 Å². The summed E-state index contributed by atoms with van der Waals surface area (Å²) in [6, 6.07) is 1.52. The van der Waals surface area contributed by atoms with Crippen LogP contribution in [0.4, 0.5) is 5.00 Å². The van der Waals surface area contributed by atoms with Crippen molar-refractivity contribution in [1.82, 2.24) is 0 Å². The van der Waals surface area contributed by atoms with Gasteiger partial charge in [0.15, 0.2) is 0 Å². The Balaban J connectivity index is 2.12. The molecule has 1 atom stereocenters. The van der Waals surface area contributed by atoms with Gasteiger partial charge in [0.05, 0.1) is 5.56 Å². The van der Waals surface area contributed by atoms with E-state index in [-0.39, 0.29) is 22.8 Å². The van der Waals surface area contributed by atoms with Gasteiger partial charge in [0.1, 0.15) is 5.00 Å². The van der Waals surface area contributed by atoms with Crippen LogP contribution in [0.3, 0.4) is 0 Å². The molecule has 1 fully saturated rings. The Morgan fingerprint density at radius 3 is 2.78 bits per heavy atom. The minimum absolute atomic E-state index is 0.00469. The average molecular weight is 267 g/mol. The molecule has 1 aromatic heterocycles. The minimum atomic E-state index is -1.00. The van der Waals surface area contributed by atoms with E-state index >= 15 is 0 Å². The molecule has 1 saturated carbocycles. The second-order valence-electron chi connectivity index (χ2n) is 5.39. The number of hydrogen-bond donors (Lipinski definition) is 2. The van der Waals surface area contributed by atoms with Crippen molar-refractivity contribution in [3.05, 3.63) is 17.0 Å². The molecule has 0 bridgehead atoms. The number of carboxylic acid groups (broad SMARTS) is 1. The van der Waals surface area contributed by atoms with Crippen LogP contribution in [-0.4, -0.2) is 17.0 Å². The van der Waals surface area contributed by atoms with Crippen LogP contribution in [0.25, 0.3) is 0 Å². The van der Waals surface area contributed by atoms with Gasteiger partial charge in [-0.3, -0.25) is 4.79 Å². The van der Waals surface area contributed by atoms with Crippen LogP contribution in [0.5, 0.6) is 0 Å². The van der Waals surface area contributed by atoms with Crippen LogP contribution < -0.4 is 5.32 Å². The Morgan fingerprint density at radius 1 is 1.50 bits per heavy atom. The third-order valence-corrected chi connectivity index (χ3v) is 4.54.